The molecule has 0 radical (unpaired) electrons. The maximum Gasteiger partial charge on any atom is 0.262 e. The number of hydrogen-bond donors (Lipinski definition) is 1. The lowest BCUT2D eigenvalue weighted by atomic mass is 9.83. The SMILES string of the molecule is COc1ccc(CN2C(=O)C3(NC(=S)OC3c3ccccc3)c3ccccc32)cc1. The van der Waals surface area contributed by atoms with Crippen molar-refractivity contribution in [2.75, 3.05) is 12.0 Å². The molecule has 0 saturated carbocycles. The summed E-state index contributed by atoms with van der Waals surface area (Å²) in [6.07, 6.45) is -0.541. The first kappa shape index (κ1) is 18.6. The summed E-state index contributed by atoms with van der Waals surface area (Å²) in [6.45, 7) is 0.442. The number of nitrogens with zero attached hydrogens (tertiary/aromatic N) is 1. The van der Waals surface area contributed by atoms with E-state index in [1.807, 2.05) is 78.9 Å². The minimum atomic E-state index is -1.08. The van der Waals surface area contributed by atoms with Gasteiger partial charge in [-0.15, -0.1) is 0 Å². The fourth-order valence-corrected chi connectivity index (χ4v) is 4.58. The van der Waals surface area contributed by atoms with Crippen LogP contribution in [0.15, 0.2) is 78.9 Å². The molecule has 1 spiro atoms. The van der Waals surface area contributed by atoms with E-state index < -0.39 is 11.6 Å². The normalized spacial score (nSPS) is 22.0. The van der Waals surface area contributed by atoms with Crippen LogP contribution >= 0.6 is 12.2 Å². The Hall–Kier alpha value is -3.38. The van der Waals surface area contributed by atoms with Gasteiger partial charge in [0.1, 0.15) is 5.75 Å². The third-order valence-electron chi connectivity index (χ3n) is 5.72. The van der Waals surface area contributed by atoms with E-state index in [4.69, 9.17) is 21.7 Å². The Morgan fingerprint density at radius 1 is 1.03 bits per heavy atom. The van der Waals surface area contributed by atoms with E-state index in [1.165, 1.54) is 0 Å². The van der Waals surface area contributed by atoms with Gasteiger partial charge in [-0.25, -0.2) is 0 Å². The number of methoxy groups -OCH3 is 1. The molecule has 5 nitrogen and oxygen atoms in total. The van der Waals surface area contributed by atoms with Crippen LogP contribution in [0.2, 0.25) is 0 Å². The highest BCUT2D eigenvalue weighted by Crippen LogP contribution is 2.51. The summed E-state index contributed by atoms with van der Waals surface area (Å²) in [4.78, 5) is 15.7. The van der Waals surface area contributed by atoms with Gasteiger partial charge >= 0.3 is 0 Å². The number of para-hydroxylation sites is 1. The Labute approximate surface area is 180 Å². The highest BCUT2D eigenvalue weighted by molar-refractivity contribution is 7.80. The van der Waals surface area contributed by atoms with Gasteiger partial charge in [0.05, 0.1) is 19.3 Å². The Kier molecular flexibility index (Phi) is 4.44. The quantitative estimate of drug-likeness (QED) is 0.650. The molecule has 2 aliphatic rings. The minimum absolute atomic E-state index is 0.0757. The van der Waals surface area contributed by atoms with E-state index >= 15 is 0 Å². The standard InChI is InChI=1S/C24H20N2O3S/c1-28-18-13-11-16(12-14-18)15-26-20-10-6-5-9-19(20)24(22(26)27)21(29-23(30)25-24)17-7-3-2-4-8-17/h2-14,21H,15H2,1H3,(H,25,30). The number of hydrogen-bond acceptors (Lipinski definition) is 4. The molecule has 0 bridgehead atoms. The van der Waals surface area contributed by atoms with Crippen LogP contribution in [-0.2, 0) is 21.6 Å². The first-order chi connectivity index (χ1) is 14.6. The predicted molar refractivity (Wildman–Crippen MR) is 118 cm³/mol. The molecular formula is C24H20N2O3S. The first-order valence-corrected chi connectivity index (χ1v) is 10.1. The number of benzene rings is 3. The highest BCUT2D eigenvalue weighted by Gasteiger charge is 2.61. The van der Waals surface area contributed by atoms with Crippen LogP contribution in [0.3, 0.4) is 0 Å². The topological polar surface area (TPSA) is 50.8 Å². The molecule has 0 aromatic heterocycles. The number of thiocarbonyl (C=S) groups is 1. The van der Waals surface area contributed by atoms with Crippen molar-refractivity contribution in [3.8, 4) is 5.75 Å². The number of carbonyl (C=O) groups is 1. The van der Waals surface area contributed by atoms with Gasteiger partial charge in [0.25, 0.3) is 11.1 Å². The summed E-state index contributed by atoms with van der Waals surface area (Å²) in [5.41, 5.74) is 2.56. The van der Waals surface area contributed by atoms with Gasteiger partial charge in [0.2, 0.25) is 0 Å². The van der Waals surface area contributed by atoms with Gasteiger partial charge in [-0.05, 0) is 41.5 Å². The third kappa shape index (κ3) is 2.75. The van der Waals surface area contributed by atoms with Gasteiger partial charge in [-0.2, -0.15) is 0 Å². The van der Waals surface area contributed by atoms with Crippen LogP contribution < -0.4 is 15.0 Å². The van der Waals surface area contributed by atoms with E-state index in [2.05, 4.69) is 5.32 Å². The average molecular weight is 417 g/mol. The summed E-state index contributed by atoms with van der Waals surface area (Å²) in [5.74, 6) is 0.705. The summed E-state index contributed by atoms with van der Waals surface area (Å²) >= 11 is 5.37. The molecule has 0 aliphatic carbocycles. The average Bonchev–Trinajstić information content (AvgIpc) is 3.26. The lowest BCUT2D eigenvalue weighted by molar-refractivity contribution is -0.126. The maximum absolute atomic E-state index is 13.9. The van der Waals surface area contributed by atoms with Crippen molar-refractivity contribution in [1.82, 2.24) is 5.32 Å². The number of carbonyl (C=O) groups excluding carboxylic acids is 1. The number of amides is 1. The molecule has 2 heterocycles. The molecule has 150 valence electrons. The molecule has 1 fully saturated rings. The Morgan fingerprint density at radius 3 is 2.47 bits per heavy atom. The Bertz CT molecular complexity index is 1120. The zero-order valence-electron chi connectivity index (χ0n) is 16.4. The second-order valence-corrected chi connectivity index (χ2v) is 7.76. The third-order valence-corrected chi connectivity index (χ3v) is 5.92. The van der Waals surface area contributed by atoms with E-state index in [1.54, 1.807) is 12.0 Å². The monoisotopic (exact) mass is 416 g/mol. The molecule has 1 N–H and O–H groups in total. The smallest absolute Gasteiger partial charge is 0.262 e. The van der Waals surface area contributed by atoms with E-state index in [9.17, 15) is 4.79 Å². The number of ether oxygens (including phenoxy) is 2. The zero-order valence-corrected chi connectivity index (χ0v) is 17.2. The van der Waals surface area contributed by atoms with Crippen LogP contribution in [0.5, 0.6) is 5.75 Å². The molecule has 3 aromatic rings. The molecule has 2 unspecified atom stereocenters. The fraction of sp³-hybridized carbons (Fsp3) is 0.167. The summed E-state index contributed by atoms with van der Waals surface area (Å²) in [5, 5.41) is 3.45. The lowest BCUT2D eigenvalue weighted by Gasteiger charge is -2.28. The van der Waals surface area contributed by atoms with Crippen molar-refractivity contribution >= 4 is 29.0 Å². The lowest BCUT2D eigenvalue weighted by Crippen LogP contribution is -2.50. The van der Waals surface area contributed by atoms with Gasteiger partial charge < -0.3 is 19.7 Å². The molecule has 5 rings (SSSR count). The van der Waals surface area contributed by atoms with Gasteiger partial charge in [0, 0.05) is 5.56 Å². The van der Waals surface area contributed by atoms with Crippen LogP contribution in [0.25, 0.3) is 0 Å². The highest BCUT2D eigenvalue weighted by atomic mass is 32.1. The van der Waals surface area contributed by atoms with Crippen molar-refractivity contribution in [2.45, 2.75) is 18.2 Å². The molecule has 1 amide bonds. The molecule has 2 aliphatic heterocycles. The molecule has 30 heavy (non-hydrogen) atoms. The molecular weight excluding hydrogens is 396 g/mol. The first-order valence-electron chi connectivity index (χ1n) is 9.71. The predicted octanol–water partition coefficient (Wildman–Crippen LogP) is 4.08. The van der Waals surface area contributed by atoms with E-state index in [-0.39, 0.29) is 11.1 Å². The fourth-order valence-electron chi connectivity index (χ4n) is 4.32. The zero-order chi connectivity index (χ0) is 20.7. The van der Waals surface area contributed by atoms with Gasteiger partial charge in [-0.1, -0.05) is 60.7 Å². The summed E-state index contributed by atoms with van der Waals surface area (Å²) < 4.78 is 11.2. The van der Waals surface area contributed by atoms with E-state index in [0.717, 1.165) is 28.1 Å². The van der Waals surface area contributed by atoms with Crippen LogP contribution in [0, 0.1) is 0 Å². The number of rotatable bonds is 4. The Balaban J connectivity index is 1.60. The van der Waals surface area contributed by atoms with Crippen molar-refractivity contribution in [3.05, 3.63) is 95.6 Å². The van der Waals surface area contributed by atoms with Crippen molar-refractivity contribution in [2.24, 2.45) is 0 Å². The maximum atomic E-state index is 13.9. The van der Waals surface area contributed by atoms with Gasteiger partial charge in [-0.3, -0.25) is 4.79 Å². The molecule has 3 aromatic carbocycles. The minimum Gasteiger partial charge on any atom is -0.497 e. The van der Waals surface area contributed by atoms with E-state index in [0.29, 0.717) is 6.54 Å². The van der Waals surface area contributed by atoms with Gasteiger partial charge in [0.15, 0.2) is 11.6 Å². The molecule has 6 heteroatoms. The second kappa shape index (κ2) is 7.15. The second-order valence-electron chi connectivity index (χ2n) is 7.39. The van der Waals surface area contributed by atoms with Crippen LogP contribution in [-0.4, -0.2) is 18.2 Å². The number of nitrogens with one attached hydrogen (secondary N) is 1. The number of anilines is 1. The summed E-state index contributed by atoms with van der Waals surface area (Å²) in [7, 11) is 1.64. The van der Waals surface area contributed by atoms with Crippen molar-refractivity contribution < 1.29 is 14.3 Å². The van der Waals surface area contributed by atoms with Crippen LogP contribution in [0.1, 0.15) is 22.8 Å². The Morgan fingerprint density at radius 2 is 1.73 bits per heavy atom. The van der Waals surface area contributed by atoms with Crippen molar-refractivity contribution in [3.63, 3.8) is 0 Å². The largest absolute Gasteiger partial charge is 0.497 e. The molecule has 2 atom stereocenters. The molecule has 1 saturated heterocycles. The number of fused-ring (bicyclic) bond motifs is 2. The van der Waals surface area contributed by atoms with Crippen LogP contribution in [0.4, 0.5) is 5.69 Å². The summed E-state index contributed by atoms with van der Waals surface area (Å²) in [6, 6.07) is 25.3. The van der Waals surface area contributed by atoms with Crippen molar-refractivity contribution in [1.29, 1.82) is 0 Å².